The van der Waals surface area contributed by atoms with Crippen molar-refractivity contribution in [2.24, 2.45) is 0 Å². The SMILES string of the molecule is CCCC1(O)CN(C(=O)c2cc3ccccc3oc2=O)C1. The molecule has 110 valence electrons. The summed E-state index contributed by atoms with van der Waals surface area (Å²) in [6.45, 7) is 2.53. The first-order valence-corrected chi connectivity index (χ1v) is 7.07. The zero-order valence-corrected chi connectivity index (χ0v) is 11.8. The van der Waals surface area contributed by atoms with E-state index in [1.54, 1.807) is 24.3 Å². The minimum absolute atomic E-state index is 0.0206. The number of nitrogens with zero attached hydrogens (tertiary/aromatic N) is 1. The van der Waals surface area contributed by atoms with E-state index >= 15 is 0 Å². The molecule has 0 bridgehead atoms. The highest BCUT2D eigenvalue weighted by molar-refractivity contribution is 5.97. The smallest absolute Gasteiger partial charge is 0.349 e. The summed E-state index contributed by atoms with van der Waals surface area (Å²) in [5.74, 6) is -0.379. The number of fused-ring (bicyclic) bond motifs is 1. The van der Waals surface area contributed by atoms with Gasteiger partial charge in [0.05, 0.1) is 18.7 Å². The monoisotopic (exact) mass is 287 g/mol. The van der Waals surface area contributed by atoms with Crippen LogP contribution in [0.2, 0.25) is 0 Å². The van der Waals surface area contributed by atoms with Crippen molar-refractivity contribution < 1.29 is 14.3 Å². The number of likely N-dealkylation sites (tertiary alicyclic amines) is 1. The Morgan fingerprint density at radius 3 is 2.81 bits per heavy atom. The number of carbonyl (C=O) groups is 1. The molecule has 5 nitrogen and oxygen atoms in total. The van der Waals surface area contributed by atoms with E-state index in [0.29, 0.717) is 17.4 Å². The Kier molecular flexibility index (Phi) is 3.29. The highest BCUT2D eigenvalue weighted by atomic mass is 16.4. The van der Waals surface area contributed by atoms with Crippen LogP contribution in [0.15, 0.2) is 39.5 Å². The molecule has 1 aliphatic rings. The van der Waals surface area contributed by atoms with Crippen molar-refractivity contribution in [3.05, 3.63) is 46.3 Å². The van der Waals surface area contributed by atoms with Gasteiger partial charge in [-0.1, -0.05) is 31.5 Å². The fourth-order valence-electron chi connectivity index (χ4n) is 2.81. The fourth-order valence-corrected chi connectivity index (χ4v) is 2.81. The van der Waals surface area contributed by atoms with Crippen LogP contribution in [0.25, 0.3) is 11.0 Å². The van der Waals surface area contributed by atoms with Crippen LogP contribution < -0.4 is 5.63 Å². The summed E-state index contributed by atoms with van der Waals surface area (Å²) in [6.07, 6.45) is 1.51. The number of amides is 1. The molecule has 2 heterocycles. The van der Waals surface area contributed by atoms with Crippen LogP contribution in [-0.4, -0.2) is 34.6 Å². The van der Waals surface area contributed by atoms with Gasteiger partial charge in [-0.05, 0) is 18.6 Å². The number of rotatable bonds is 3. The number of benzene rings is 1. The molecule has 0 aliphatic carbocycles. The second kappa shape index (κ2) is 5.00. The summed E-state index contributed by atoms with van der Waals surface area (Å²) >= 11 is 0. The molecule has 0 atom stereocenters. The summed E-state index contributed by atoms with van der Waals surface area (Å²) in [6, 6.07) is 8.63. The van der Waals surface area contributed by atoms with Gasteiger partial charge >= 0.3 is 5.63 Å². The van der Waals surface area contributed by atoms with Gasteiger partial charge in [0.25, 0.3) is 5.91 Å². The molecule has 1 saturated heterocycles. The summed E-state index contributed by atoms with van der Waals surface area (Å²) < 4.78 is 5.17. The maximum Gasteiger partial charge on any atom is 0.349 e. The number of para-hydroxylation sites is 1. The quantitative estimate of drug-likeness (QED) is 0.874. The minimum Gasteiger partial charge on any atom is -0.422 e. The van der Waals surface area contributed by atoms with E-state index in [1.807, 2.05) is 13.0 Å². The zero-order chi connectivity index (χ0) is 15.0. The largest absolute Gasteiger partial charge is 0.422 e. The third kappa shape index (κ3) is 2.45. The molecule has 0 spiro atoms. The van der Waals surface area contributed by atoms with Crippen molar-refractivity contribution >= 4 is 16.9 Å². The van der Waals surface area contributed by atoms with E-state index in [1.165, 1.54) is 4.90 Å². The molecule has 0 saturated carbocycles. The molecular formula is C16H17NO4. The second-order valence-corrected chi connectivity index (χ2v) is 5.62. The van der Waals surface area contributed by atoms with E-state index in [2.05, 4.69) is 0 Å². The molecule has 0 radical (unpaired) electrons. The molecular weight excluding hydrogens is 270 g/mol. The third-order valence-corrected chi connectivity index (χ3v) is 3.84. The molecule has 1 amide bonds. The maximum atomic E-state index is 12.3. The van der Waals surface area contributed by atoms with Crippen LogP contribution in [0.1, 0.15) is 30.1 Å². The molecule has 2 aromatic rings. The van der Waals surface area contributed by atoms with Gasteiger partial charge in [-0.2, -0.15) is 0 Å². The summed E-state index contributed by atoms with van der Waals surface area (Å²) in [5, 5.41) is 10.8. The lowest BCUT2D eigenvalue weighted by Crippen LogP contribution is -2.63. The van der Waals surface area contributed by atoms with Gasteiger partial charge in [-0.25, -0.2) is 4.79 Å². The molecule has 1 aliphatic heterocycles. The lowest BCUT2D eigenvalue weighted by Gasteiger charge is -2.46. The van der Waals surface area contributed by atoms with Crippen LogP contribution in [0, 0.1) is 0 Å². The Bertz CT molecular complexity index is 743. The van der Waals surface area contributed by atoms with E-state index in [0.717, 1.165) is 6.42 Å². The van der Waals surface area contributed by atoms with Crippen molar-refractivity contribution in [2.45, 2.75) is 25.4 Å². The van der Waals surface area contributed by atoms with Gasteiger partial charge < -0.3 is 14.4 Å². The standard InChI is InChI=1S/C16H17NO4/c1-2-7-16(20)9-17(10-16)14(18)12-8-11-5-3-4-6-13(11)21-15(12)19/h3-6,8,20H,2,7,9-10H2,1H3. The van der Waals surface area contributed by atoms with Crippen LogP contribution in [-0.2, 0) is 0 Å². The first-order chi connectivity index (χ1) is 10.0. The predicted octanol–water partition coefficient (Wildman–Crippen LogP) is 1.78. The number of aliphatic hydroxyl groups is 1. The predicted molar refractivity (Wildman–Crippen MR) is 78.2 cm³/mol. The first-order valence-electron chi connectivity index (χ1n) is 7.07. The van der Waals surface area contributed by atoms with Crippen LogP contribution in [0.5, 0.6) is 0 Å². The summed E-state index contributed by atoms with van der Waals surface area (Å²) in [5.41, 5.74) is -0.955. The highest BCUT2D eigenvalue weighted by Crippen LogP contribution is 2.27. The van der Waals surface area contributed by atoms with Crippen LogP contribution in [0.3, 0.4) is 0 Å². The molecule has 1 aromatic carbocycles. The van der Waals surface area contributed by atoms with Gasteiger partial charge in [-0.15, -0.1) is 0 Å². The number of hydrogen-bond acceptors (Lipinski definition) is 4. The summed E-state index contributed by atoms with van der Waals surface area (Å²) in [7, 11) is 0. The topological polar surface area (TPSA) is 70.8 Å². The van der Waals surface area contributed by atoms with E-state index < -0.39 is 11.2 Å². The fraction of sp³-hybridized carbons (Fsp3) is 0.375. The Hall–Kier alpha value is -2.14. The lowest BCUT2D eigenvalue weighted by atomic mass is 9.89. The Balaban J connectivity index is 1.86. The minimum atomic E-state index is -0.804. The molecule has 1 fully saturated rings. The molecule has 1 N–H and O–H groups in total. The van der Waals surface area contributed by atoms with Gasteiger partial charge in [0.15, 0.2) is 0 Å². The van der Waals surface area contributed by atoms with Crippen molar-refractivity contribution in [3.8, 4) is 0 Å². The maximum absolute atomic E-state index is 12.3. The number of hydrogen-bond donors (Lipinski definition) is 1. The molecule has 0 unspecified atom stereocenters. The van der Waals surface area contributed by atoms with Crippen LogP contribution in [0.4, 0.5) is 0 Å². The molecule has 3 rings (SSSR count). The van der Waals surface area contributed by atoms with Crippen molar-refractivity contribution in [1.82, 2.24) is 4.90 Å². The van der Waals surface area contributed by atoms with Gasteiger partial charge in [0.2, 0.25) is 0 Å². The van der Waals surface area contributed by atoms with Crippen molar-refractivity contribution in [3.63, 3.8) is 0 Å². The average Bonchev–Trinajstić information content (AvgIpc) is 2.43. The van der Waals surface area contributed by atoms with E-state index in [-0.39, 0.29) is 24.6 Å². The average molecular weight is 287 g/mol. The van der Waals surface area contributed by atoms with Gasteiger partial charge in [0, 0.05) is 5.39 Å². The van der Waals surface area contributed by atoms with E-state index in [4.69, 9.17) is 4.42 Å². The van der Waals surface area contributed by atoms with Crippen molar-refractivity contribution in [2.75, 3.05) is 13.1 Å². The first kappa shape index (κ1) is 13.8. The van der Waals surface area contributed by atoms with E-state index in [9.17, 15) is 14.7 Å². The highest BCUT2D eigenvalue weighted by Gasteiger charge is 2.43. The normalized spacial score (nSPS) is 16.8. The second-order valence-electron chi connectivity index (χ2n) is 5.62. The van der Waals surface area contributed by atoms with Gasteiger partial charge in [-0.3, -0.25) is 4.79 Å². The number of carbonyl (C=O) groups excluding carboxylic acids is 1. The third-order valence-electron chi connectivity index (χ3n) is 3.84. The molecule has 1 aromatic heterocycles. The molecule has 21 heavy (non-hydrogen) atoms. The summed E-state index contributed by atoms with van der Waals surface area (Å²) in [4.78, 5) is 25.8. The van der Waals surface area contributed by atoms with Crippen LogP contribution >= 0.6 is 0 Å². The lowest BCUT2D eigenvalue weighted by molar-refractivity contribution is -0.0861. The van der Waals surface area contributed by atoms with Gasteiger partial charge in [0.1, 0.15) is 11.1 Å². The Morgan fingerprint density at radius 2 is 2.10 bits per heavy atom. The zero-order valence-electron chi connectivity index (χ0n) is 11.8. The van der Waals surface area contributed by atoms with Crippen molar-refractivity contribution in [1.29, 1.82) is 0 Å². The Morgan fingerprint density at radius 1 is 1.38 bits per heavy atom. The Labute approximate surface area is 121 Å². The molecule has 5 heteroatoms. The number of β-amino-alcohol motifs (C(OH)–C–C–N with tert-alkyl or cyclic N) is 1.